The normalized spacial score (nSPS) is 10.7. The average Bonchev–Trinajstić information content (AvgIpc) is 2.87. The fraction of sp³-hybridized carbons (Fsp3) is 0.364. The topological polar surface area (TPSA) is 75.0 Å². The number of aryl methyl sites for hydroxylation is 2. The molecule has 18 heavy (non-hydrogen) atoms. The number of nitrogens with one attached hydrogen (secondary N) is 1. The van der Waals surface area contributed by atoms with Crippen LogP contribution < -0.4 is 0 Å². The summed E-state index contributed by atoms with van der Waals surface area (Å²) in [5.41, 5.74) is 1.58. The largest absolute Gasteiger partial charge is 0.361 e. The standard InChI is InChI=1S/C11H13ClN4O2/c1-6-4-8(15-18-6)5-16(3)11(17)10-9(12)7(2)13-14-10/h4H,5H2,1-3H3,(H,13,14). The summed E-state index contributed by atoms with van der Waals surface area (Å²) in [5.74, 6) is 0.449. The van der Waals surface area contributed by atoms with Gasteiger partial charge in [0.2, 0.25) is 0 Å². The van der Waals surface area contributed by atoms with Crippen LogP contribution in [0.3, 0.4) is 0 Å². The van der Waals surface area contributed by atoms with E-state index < -0.39 is 0 Å². The van der Waals surface area contributed by atoms with Crippen molar-refractivity contribution in [2.45, 2.75) is 20.4 Å². The smallest absolute Gasteiger partial charge is 0.276 e. The van der Waals surface area contributed by atoms with Crippen molar-refractivity contribution in [1.29, 1.82) is 0 Å². The van der Waals surface area contributed by atoms with Crippen molar-refractivity contribution < 1.29 is 9.32 Å². The highest BCUT2D eigenvalue weighted by atomic mass is 35.5. The number of halogens is 1. The van der Waals surface area contributed by atoms with Crippen molar-refractivity contribution in [3.8, 4) is 0 Å². The van der Waals surface area contributed by atoms with Gasteiger partial charge in [0, 0.05) is 13.1 Å². The molecule has 2 aromatic heterocycles. The van der Waals surface area contributed by atoms with E-state index in [1.165, 1.54) is 4.90 Å². The number of aromatic nitrogens is 3. The molecule has 0 saturated carbocycles. The Balaban J connectivity index is 2.12. The van der Waals surface area contributed by atoms with Gasteiger partial charge < -0.3 is 9.42 Å². The lowest BCUT2D eigenvalue weighted by molar-refractivity contribution is 0.0776. The van der Waals surface area contributed by atoms with Crippen LogP contribution in [0.15, 0.2) is 10.6 Å². The minimum atomic E-state index is -0.259. The lowest BCUT2D eigenvalue weighted by Crippen LogP contribution is -2.27. The highest BCUT2D eigenvalue weighted by molar-refractivity contribution is 6.34. The van der Waals surface area contributed by atoms with Crippen molar-refractivity contribution in [2.24, 2.45) is 0 Å². The quantitative estimate of drug-likeness (QED) is 0.923. The van der Waals surface area contributed by atoms with Gasteiger partial charge in [0.05, 0.1) is 17.3 Å². The Hall–Kier alpha value is -1.82. The SMILES string of the molecule is Cc1cc(CN(C)C(=O)c2n[nH]c(C)c2Cl)no1. The number of nitrogens with zero attached hydrogens (tertiary/aromatic N) is 3. The molecule has 2 aromatic rings. The Morgan fingerprint density at radius 3 is 2.78 bits per heavy atom. The average molecular weight is 269 g/mol. The van der Waals surface area contributed by atoms with Gasteiger partial charge >= 0.3 is 0 Å². The summed E-state index contributed by atoms with van der Waals surface area (Å²) < 4.78 is 4.94. The summed E-state index contributed by atoms with van der Waals surface area (Å²) in [4.78, 5) is 13.6. The molecule has 0 bridgehead atoms. The second kappa shape index (κ2) is 4.81. The molecule has 0 aliphatic heterocycles. The molecule has 0 spiro atoms. The molecule has 6 nitrogen and oxygen atoms in total. The Bertz CT molecular complexity index is 575. The van der Waals surface area contributed by atoms with Gasteiger partial charge in [-0.2, -0.15) is 5.10 Å². The Morgan fingerprint density at radius 1 is 1.56 bits per heavy atom. The van der Waals surface area contributed by atoms with Gasteiger partial charge in [-0.25, -0.2) is 0 Å². The highest BCUT2D eigenvalue weighted by Crippen LogP contribution is 2.19. The molecular weight excluding hydrogens is 256 g/mol. The molecule has 0 atom stereocenters. The first-order chi connectivity index (χ1) is 8.49. The van der Waals surface area contributed by atoms with Gasteiger partial charge in [0.25, 0.3) is 5.91 Å². The molecule has 0 saturated heterocycles. The van der Waals surface area contributed by atoms with Crippen LogP contribution in [-0.4, -0.2) is 33.2 Å². The minimum absolute atomic E-state index is 0.219. The van der Waals surface area contributed by atoms with E-state index in [2.05, 4.69) is 15.4 Å². The lowest BCUT2D eigenvalue weighted by Gasteiger charge is -2.13. The van der Waals surface area contributed by atoms with E-state index in [1.807, 2.05) is 0 Å². The molecule has 0 radical (unpaired) electrons. The third-order valence-corrected chi connectivity index (χ3v) is 2.96. The summed E-state index contributed by atoms with van der Waals surface area (Å²) in [6, 6.07) is 1.78. The molecule has 96 valence electrons. The molecule has 0 aliphatic rings. The number of H-pyrrole nitrogens is 1. The van der Waals surface area contributed by atoms with E-state index in [0.29, 0.717) is 28.7 Å². The van der Waals surface area contributed by atoms with Crippen LogP contribution in [0.25, 0.3) is 0 Å². The van der Waals surface area contributed by atoms with Crippen LogP contribution in [0.5, 0.6) is 0 Å². The fourth-order valence-corrected chi connectivity index (χ4v) is 1.71. The Morgan fingerprint density at radius 2 is 2.28 bits per heavy atom. The van der Waals surface area contributed by atoms with Gasteiger partial charge in [-0.3, -0.25) is 9.89 Å². The van der Waals surface area contributed by atoms with Crippen LogP contribution in [0.4, 0.5) is 0 Å². The van der Waals surface area contributed by atoms with E-state index in [0.717, 1.165) is 0 Å². The molecule has 2 rings (SSSR count). The van der Waals surface area contributed by atoms with E-state index in [1.54, 1.807) is 27.0 Å². The zero-order valence-corrected chi connectivity index (χ0v) is 11.1. The molecule has 1 N–H and O–H groups in total. The second-order valence-corrected chi connectivity index (χ2v) is 4.48. The Kier molecular flexibility index (Phi) is 3.38. The van der Waals surface area contributed by atoms with E-state index in [4.69, 9.17) is 16.1 Å². The van der Waals surface area contributed by atoms with E-state index in [-0.39, 0.29) is 11.6 Å². The second-order valence-electron chi connectivity index (χ2n) is 4.10. The fourth-order valence-electron chi connectivity index (χ4n) is 1.55. The van der Waals surface area contributed by atoms with Crippen LogP contribution in [0.2, 0.25) is 5.02 Å². The number of aromatic amines is 1. The number of rotatable bonds is 3. The summed E-state index contributed by atoms with van der Waals surface area (Å²) in [5, 5.41) is 10.7. The van der Waals surface area contributed by atoms with Crippen molar-refractivity contribution in [3.63, 3.8) is 0 Å². The molecule has 2 heterocycles. The van der Waals surface area contributed by atoms with Gasteiger partial charge in [-0.1, -0.05) is 16.8 Å². The van der Waals surface area contributed by atoms with E-state index >= 15 is 0 Å². The number of hydrogen-bond acceptors (Lipinski definition) is 4. The molecule has 0 fully saturated rings. The summed E-state index contributed by atoms with van der Waals surface area (Å²) >= 11 is 5.98. The van der Waals surface area contributed by atoms with Crippen LogP contribution in [0, 0.1) is 13.8 Å². The molecule has 0 unspecified atom stereocenters. The number of carbonyl (C=O) groups is 1. The predicted octanol–water partition coefficient (Wildman–Crippen LogP) is 1.94. The first-order valence-corrected chi connectivity index (χ1v) is 5.75. The first kappa shape index (κ1) is 12.6. The van der Waals surface area contributed by atoms with Gasteiger partial charge in [0.1, 0.15) is 11.5 Å². The van der Waals surface area contributed by atoms with Crippen molar-refractivity contribution in [3.05, 3.63) is 33.9 Å². The molecule has 7 heteroatoms. The highest BCUT2D eigenvalue weighted by Gasteiger charge is 2.20. The lowest BCUT2D eigenvalue weighted by atomic mass is 10.3. The van der Waals surface area contributed by atoms with Crippen molar-refractivity contribution >= 4 is 17.5 Å². The zero-order valence-electron chi connectivity index (χ0n) is 10.3. The monoisotopic (exact) mass is 268 g/mol. The molecular formula is C11H13ClN4O2. The molecule has 1 amide bonds. The number of carbonyl (C=O) groups excluding carboxylic acids is 1. The maximum Gasteiger partial charge on any atom is 0.276 e. The molecule has 0 aromatic carbocycles. The number of hydrogen-bond donors (Lipinski definition) is 1. The van der Waals surface area contributed by atoms with Crippen LogP contribution >= 0.6 is 11.6 Å². The Labute approximate surface area is 109 Å². The first-order valence-electron chi connectivity index (χ1n) is 5.37. The summed E-state index contributed by atoms with van der Waals surface area (Å²) in [6.45, 7) is 3.90. The summed E-state index contributed by atoms with van der Waals surface area (Å²) in [6.07, 6.45) is 0. The van der Waals surface area contributed by atoms with Crippen molar-refractivity contribution in [2.75, 3.05) is 7.05 Å². The van der Waals surface area contributed by atoms with Crippen LogP contribution in [-0.2, 0) is 6.54 Å². The maximum atomic E-state index is 12.1. The maximum absolute atomic E-state index is 12.1. The van der Waals surface area contributed by atoms with E-state index in [9.17, 15) is 4.79 Å². The zero-order chi connectivity index (χ0) is 13.3. The molecule has 0 aliphatic carbocycles. The van der Waals surface area contributed by atoms with Crippen LogP contribution in [0.1, 0.15) is 27.6 Å². The third kappa shape index (κ3) is 2.38. The van der Waals surface area contributed by atoms with Gasteiger partial charge in [-0.05, 0) is 13.8 Å². The number of amides is 1. The van der Waals surface area contributed by atoms with Crippen molar-refractivity contribution in [1.82, 2.24) is 20.3 Å². The third-order valence-electron chi connectivity index (χ3n) is 2.50. The minimum Gasteiger partial charge on any atom is -0.361 e. The van der Waals surface area contributed by atoms with Gasteiger partial charge in [-0.15, -0.1) is 0 Å². The summed E-state index contributed by atoms with van der Waals surface area (Å²) in [7, 11) is 1.66. The van der Waals surface area contributed by atoms with Gasteiger partial charge in [0.15, 0.2) is 5.69 Å². The predicted molar refractivity (Wildman–Crippen MR) is 65.4 cm³/mol.